The van der Waals surface area contributed by atoms with Gasteiger partial charge in [0.25, 0.3) is 0 Å². The van der Waals surface area contributed by atoms with Gasteiger partial charge in [-0.2, -0.15) is 0 Å². The molecule has 3 aromatic rings. The molecule has 0 atom stereocenters. The van der Waals surface area contributed by atoms with Gasteiger partial charge in [-0.3, -0.25) is 0 Å². The maximum atomic E-state index is 13.1. The number of rotatable bonds is 4. The summed E-state index contributed by atoms with van der Waals surface area (Å²) in [5.41, 5.74) is 6.88. The van der Waals surface area contributed by atoms with Gasteiger partial charge >= 0.3 is 0 Å². The summed E-state index contributed by atoms with van der Waals surface area (Å²) in [7, 11) is 0. The molecule has 4 heteroatoms. The van der Waals surface area contributed by atoms with Crippen LogP contribution in [-0.2, 0) is 13.2 Å². The van der Waals surface area contributed by atoms with E-state index in [9.17, 15) is 4.39 Å². The van der Waals surface area contributed by atoms with Crippen molar-refractivity contribution >= 4 is 21.4 Å². The zero-order valence-electron chi connectivity index (χ0n) is 10.8. The van der Waals surface area contributed by atoms with Crippen molar-refractivity contribution in [2.45, 2.75) is 13.2 Å². The molecule has 2 N–H and O–H groups in total. The van der Waals surface area contributed by atoms with Crippen LogP contribution in [0.1, 0.15) is 10.4 Å². The van der Waals surface area contributed by atoms with Crippen LogP contribution in [0.25, 0.3) is 10.1 Å². The number of fused-ring (bicyclic) bond motifs is 1. The maximum absolute atomic E-state index is 13.1. The average Bonchev–Trinajstić information content (AvgIpc) is 2.88. The Balaban J connectivity index is 1.81. The van der Waals surface area contributed by atoms with Crippen molar-refractivity contribution in [1.82, 2.24) is 0 Å². The number of hydrogen-bond donors (Lipinski definition) is 1. The molecule has 3 rings (SSSR count). The highest BCUT2D eigenvalue weighted by Gasteiger charge is 2.06. The summed E-state index contributed by atoms with van der Waals surface area (Å²) in [4.78, 5) is 1.10. The number of ether oxygens (including phenoxy) is 1. The van der Waals surface area contributed by atoms with E-state index in [0.717, 1.165) is 10.4 Å². The first-order valence-electron chi connectivity index (χ1n) is 6.35. The number of halogens is 1. The summed E-state index contributed by atoms with van der Waals surface area (Å²) in [6, 6.07) is 14.4. The molecular weight excluding hydrogens is 273 g/mol. The van der Waals surface area contributed by atoms with Gasteiger partial charge in [0.15, 0.2) is 0 Å². The summed E-state index contributed by atoms with van der Waals surface area (Å²) in [5.74, 6) is 0.255. The SMILES string of the molecule is NCc1cccc2cc(COc3cccc(F)c3)sc12. The van der Waals surface area contributed by atoms with Crippen LogP contribution in [-0.4, -0.2) is 0 Å². The van der Waals surface area contributed by atoms with Gasteiger partial charge in [-0.25, -0.2) is 4.39 Å². The lowest BCUT2D eigenvalue weighted by molar-refractivity contribution is 0.308. The highest BCUT2D eigenvalue weighted by atomic mass is 32.1. The van der Waals surface area contributed by atoms with E-state index >= 15 is 0 Å². The summed E-state index contributed by atoms with van der Waals surface area (Å²) < 4.78 is 19.9. The third-order valence-electron chi connectivity index (χ3n) is 3.07. The number of hydrogen-bond acceptors (Lipinski definition) is 3. The normalized spacial score (nSPS) is 10.9. The Labute approximate surface area is 120 Å². The molecule has 0 fully saturated rings. The lowest BCUT2D eigenvalue weighted by atomic mass is 10.1. The van der Waals surface area contributed by atoms with Gasteiger partial charge in [-0.15, -0.1) is 11.3 Å². The Morgan fingerprint density at radius 3 is 2.75 bits per heavy atom. The Bertz CT molecular complexity index is 738. The zero-order chi connectivity index (χ0) is 13.9. The van der Waals surface area contributed by atoms with E-state index in [2.05, 4.69) is 12.1 Å². The summed E-state index contributed by atoms with van der Waals surface area (Å²) in [5, 5.41) is 1.18. The average molecular weight is 287 g/mol. The molecule has 102 valence electrons. The van der Waals surface area contributed by atoms with E-state index < -0.39 is 0 Å². The van der Waals surface area contributed by atoms with E-state index in [1.54, 1.807) is 23.5 Å². The lowest BCUT2D eigenvalue weighted by Crippen LogP contribution is -1.95. The minimum atomic E-state index is -0.288. The largest absolute Gasteiger partial charge is 0.488 e. The minimum absolute atomic E-state index is 0.288. The Morgan fingerprint density at radius 2 is 1.95 bits per heavy atom. The number of nitrogens with two attached hydrogens (primary N) is 1. The van der Waals surface area contributed by atoms with E-state index in [0.29, 0.717) is 18.9 Å². The molecule has 0 aliphatic carbocycles. The van der Waals surface area contributed by atoms with E-state index in [-0.39, 0.29) is 5.82 Å². The van der Waals surface area contributed by atoms with Gasteiger partial charge in [-0.05, 0) is 29.1 Å². The molecule has 0 saturated heterocycles. The van der Waals surface area contributed by atoms with Crippen LogP contribution >= 0.6 is 11.3 Å². The van der Waals surface area contributed by atoms with Crippen LogP contribution in [0.5, 0.6) is 5.75 Å². The zero-order valence-corrected chi connectivity index (χ0v) is 11.6. The molecule has 0 aliphatic rings. The monoisotopic (exact) mass is 287 g/mol. The van der Waals surface area contributed by atoms with Crippen molar-refractivity contribution < 1.29 is 9.13 Å². The van der Waals surface area contributed by atoms with Crippen LogP contribution in [0.4, 0.5) is 4.39 Å². The van der Waals surface area contributed by atoms with Crippen molar-refractivity contribution in [3.05, 3.63) is 64.8 Å². The van der Waals surface area contributed by atoms with Crippen molar-refractivity contribution in [2.75, 3.05) is 0 Å². The van der Waals surface area contributed by atoms with Gasteiger partial charge < -0.3 is 10.5 Å². The predicted octanol–water partition coefficient (Wildman–Crippen LogP) is 4.08. The molecule has 0 amide bonds. The Hall–Kier alpha value is -1.91. The van der Waals surface area contributed by atoms with Crippen molar-refractivity contribution in [2.24, 2.45) is 5.73 Å². The van der Waals surface area contributed by atoms with Crippen molar-refractivity contribution in [3.8, 4) is 5.75 Å². The molecule has 0 radical (unpaired) electrons. The second kappa shape index (κ2) is 5.61. The fourth-order valence-electron chi connectivity index (χ4n) is 2.12. The van der Waals surface area contributed by atoms with Gasteiger partial charge in [-0.1, -0.05) is 24.3 Å². The van der Waals surface area contributed by atoms with Crippen molar-refractivity contribution in [1.29, 1.82) is 0 Å². The molecule has 2 aromatic carbocycles. The molecule has 20 heavy (non-hydrogen) atoms. The van der Waals surface area contributed by atoms with Crippen LogP contribution in [0, 0.1) is 5.82 Å². The quantitative estimate of drug-likeness (QED) is 0.784. The van der Waals surface area contributed by atoms with Gasteiger partial charge in [0, 0.05) is 22.2 Å². The molecule has 0 unspecified atom stereocenters. The second-order valence-corrected chi connectivity index (χ2v) is 5.64. The van der Waals surface area contributed by atoms with Crippen LogP contribution in [0.3, 0.4) is 0 Å². The lowest BCUT2D eigenvalue weighted by Gasteiger charge is -2.03. The molecule has 1 heterocycles. The van der Waals surface area contributed by atoms with Crippen molar-refractivity contribution in [3.63, 3.8) is 0 Å². The third kappa shape index (κ3) is 2.66. The summed E-state index contributed by atoms with van der Waals surface area (Å²) in [6.07, 6.45) is 0. The highest BCUT2D eigenvalue weighted by molar-refractivity contribution is 7.19. The molecule has 0 spiro atoms. The summed E-state index contributed by atoms with van der Waals surface area (Å²) in [6.45, 7) is 0.967. The predicted molar refractivity (Wildman–Crippen MR) is 80.4 cm³/mol. The molecule has 1 aromatic heterocycles. The molecular formula is C16H14FNOS. The van der Waals surface area contributed by atoms with Gasteiger partial charge in [0.2, 0.25) is 0 Å². The fraction of sp³-hybridized carbons (Fsp3) is 0.125. The first-order valence-corrected chi connectivity index (χ1v) is 7.16. The van der Waals surface area contributed by atoms with E-state index in [1.807, 2.05) is 12.1 Å². The topological polar surface area (TPSA) is 35.2 Å². The Morgan fingerprint density at radius 1 is 1.10 bits per heavy atom. The third-order valence-corrected chi connectivity index (χ3v) is 4.27. The van der Waals surface area contributed by atoms with E-state index in [4.69, 9.17) is 10.5 Å². The van der Waals surface area contributed by atoms with Crippen LogP contribution in [0.2, 0.25) is 0 Å². The van der Waals surface area contributed by atoms with Crippen LogP contribution in [0.15, 0.2) is 48.5 Å². The van der Waals surface area contributed by atoms with E-state index in [1.165, 1.54) is 22.2 Å². The fourth-order valence-corrected chi connectivity index (χ4v) is 3.21. The van der Waals surface area contributed by atoms with Crippen LogP contribution < -0.4 is 10.5 Å². The van der Waals surface area contributed by atoms with Gasteiger partial charge in [0.05, 0.1) is 0 Å². The first-order chi connectivity index (χ1) is 9.76. The number of benzene rings is 2. The number of thiophene rings is 1. The minimum Gasteiger partial charge on any atom is -0.488 e. The Kier molecular flexibility index (Phi) is 3.67. The molecule has 0 bridgehead atoms. The smallest absolute Gasteiger partial charge is 0.126 e. The first kappa shape index (κ1) is 13.1. The van der Waals surface area contributed by atoms with Gasteiger partial charge in [0.1, 0.15) is 18.2 Å². The standard InChI is InChI=1S/C16H14FNOS/c17-13-5-2-6-14(8-13)19-10-15-7-11-3-1-4-12(9-18)16(11)20-15/h1-8H,9-10,18H2. The molecule has 0 aliphatic heterocycles. The highest BCUT2D eigenvalue weighted by Crippen LogP contribution is 2.29. The second-order valence-electron chi connectivity index (χ2n) is 4.50. The maximum Gasteiger partial charge on any atom is 0.126 e. The molecule has 0 saturated carbocycles. The molecule has 2 nitrogen and oxygen atoms in total. The summed E-state index contributed by atoms with van der Waals surface area (Å²) >= 11 is 1.67.